The average molecular weight is 450 g/mol. The molecule has 31 heavy (non-hydrogen) atoms. The zero-order valence-corrected chi connectivity index (χ0v) is 17.9. The van der Waals surface area contributed by atoms with Crippen LogP contribution < -0.4 is 0 Å². The van der Waals surface area contributed by atoms with Crippen molar-refractivity contribution in [2.75, 3.05) is 20.2 Å². The minimum absolute atomic E-state index is 0.0184. The summed E-state index contributed by atoms with van der Waals surface area (Å²) in [6, 6.07) is 6.15. The Labute approximate surface area is 184 Å². The second-order valence-corrected chi connectivity index (χ2v) is 8.58. The Hall–Kier alpha value is -2.53. The highest BCUT2D eigenvalue weighted by Crippen LogP contribution is 2.58. The second kappa shape index (κ2) is 8.54. The molecule has 2 aliphatic heterocycles. The molecule has 2 fully saturated rings. The van der Waals surface area contributed by atoms with Crippen LogP contribution in [0.5, 0.6) is 0 Å². The van der Waals surface area contributed by atoms with Gasteiger partial charge in [0.05, 0.1) is 13.7 Å². The maximum Gasteiger partial charge on any atom is 0.315 e. The molecular formula is C20H24FN5O4S. The number of nitrogens with zero attached hydrogens (tertiary/aromatic N) is 5. The Bertz CT molecular complexity index is 986. The summed E-state index contributed by atoms with van der Waals surface area (Å²) in [6.07, 6.45) is 1.15. The van der Waals surface area contributed by atoms with E-state index in [0.29, 0.717) is 25.3 Å². The molecule has 5 atom stereocenters. The van der Waals surface area contributed by atoms with Crippen molar-refractivity contribution in [2.45, 2.75) is 42.5 Å². The van der Waals surface area contributed by atoms with Gasteiger partial charge < -0.3 is 9.84 Å². The van der Waals surface area contributed by atoms with Crippen molar-refractivity contribution >= 4 is 24.6 Å². The quantitative estimate of drug-likeness (QED) is 0.460. The molecule has 3 heterocycles. The van der Waals surface area contributed by atoms with Crippen LogP contribution >= 0.6 is 12.6 Å². The first-order valence-corrected chi connectivity index (χ1v) is 10.7. The lowest BCUT2D eigenvalue weighted by Gasteiger charge is -2.64. The van der Waals surface area contributed by atoms with E-state index in [1.807, 2.05) is 0 Å². The third-order valence-corrected chi connectivity index (χ3v) is 6.94. The van der Waals surface area contributed by atoms with E-state index in [4.69, 9.17) is 22.5 Å². The number of piperidine rings is 2. The van der Waals surface area contributed by atoms with Gasteiger partial charge in [-0.2, -0.15) is 17.4 Å². The van der Waals surface area contributed by atoms with Gasteiger partial charge in [-0.15, -0.1) is 10.2 Å². The lowest BCUT2D eigenvalue weighted by Crippen LogP contribution is -2.74. The Morgan fingerprint density at radius 2 is 2.19 bits per heavy atom. The van der Waals surface area contributed by atoms with E-state index >= 15 is 0 Å². The fraction of sp³-hybridized carbons (Fsp3) is 0.550. The van der Waals surface area contributed by atoms with Crippen molar-refractivity contribution in [3.63, 3.8) is 0 Å². The van der Waals surface area contributed by atoms with Gasteiger partial charge in [-0.1, -0.05) is 18.2 Å². The molecule has 4 rings (SSSR count). The van der Waals surface area contributed by atoms with Gasteiger partial charge in [0.15, 0.2) is 5.82 Å². The number of rotatable bonds is 8. The number of carbonyl (C=O) groups excluding carboxylic acids is 1. The van der Waals surface area contributed by atoms with Gasteiger partial charge in [0.2, 0.25) is 0 Å². The molecule has 166 valence electrons. The highest BCUT2D eigenvalue weighted by Gasteiger charge is 2.68. The molecule has 2 aliphatic rings. The summed E-state index contributed by atoms with van der Waals surface area (Å²) in [4.78, 5) is 27.3. The molecular weight excluding hydrogens is 425 g/mol. The summed E-state index contributed by atoms with van der Waals surface area (Å²) in [6.45, 7) is 1.61. The number of benzene rings is 1. The number of tetrazole rings is 1. The van der Waals surface area contributed by atoms with Crippen LogP contribution in [-0.2, 0) is 26.4 Å². The van der Waals surface area contributed by atoms with Crippen molar-refractivity contribution < 1.29 is 23.8 Å². The van der Waals surface area contributed by atoms with Crippen molar-refractivity contribution in [3.8, 4) is 0 Å². The number of carboxylic acids is 1. The van der Waals surface area contributed by atoms with Crippen LogP contribution in [0.25, 0.3) is 0 Å². The first-order valence-electron chi connectivity index (χ1n) is 10.1. The molecule has 0 aliphatic carbocycles. The number of thiol groups is 1. The Balaban J connectivity index is 1.79. The highest BCUT2D eigenvalue weighted by molar-refractivity contribution is 7.81. The van der Waals surface area contributed by atoms with Crippen molar-refractivity contribution in [2.24, 2.45) is 5.92 Å². The number of hydrogen-bond acceptors (Lipinski definition) is 8. The topological polar surface area (TPSA) is 110 Å². The van der Waals surface area contributed by atoms with E-state index in [0.717, 1.165) is 6.42 Å². The van der Waals surface area contributed by atoms with Crippen LogP contribution in [0.4, 0.5) is 4.39 Å². The van der Waals surface area contributed by atoms with Crippen LogP contribution in [0.2, 0.25) is 0 Å². The first kappa shape index (κ1) is 21.7. The predicted octanol–water partition coefficient (Wildman–Crippen LogP) is 1.46. The number of carbonyl (C=O) groups is 2. The van der Waals surface area contributed by atoms with E-state index in [9.17, 15) is 14.0 Å². The third kappa shape index (κ3) is 3.59. The fourth-order valence-corrected chi connectivity index (χ4v) is 5.34. The maximum atomic E-state index is 14.9. The van der Waals surface area contributed by atoms with Gasteiger partial charge in [-0.25, -0.2) is 4.39 Å². The summed E-state index contributed by atoms with van der Waals surface area (Å²) >= 11 is 4.75. The number of fused-ring (bicyclic) bond motifs is 2. The molecule has 0 radical (unpaired) electrons. The summed E-state index contributed by atoms with van der Waals surface area (Å²) in [5.74, 6) is -2.79. The molecule has 2 aromatic rings. The zero-order valence-electron chi connectivity index (χ0n) is 17.0. The van der Waals surface area contributed by atoms with Crippen molar-refractivity contribution in [3.05, 3.63) is 41.5 Å². The first-order chi connectivity index (χ1) is 14.9. The number of hydrogen-bond donors (Lipinski definition) is 2. The van der Waals surface area contributed by atoms with Gasteiger partial charge in [0, 0.05) is 36.2 Å². The summed E-state index contributed by atoms with van der Waals surface area (Å²) in [7, 11) is 1.28. The van der Waals surface area contributed by atoms with Gasteiger partial charge in [0.25, 0.3) is 0 Å². The second-order valence-electron chi connectivity index (χ2n) is 7.92. The number of carboxylic acid groups (broad SMARTS) is 1. The predicted molar refractivity (Wildman–Crippen MR) is 110 cm³/mol. The van der Waals surface area contributed by atoms with Crippen LogP contribution in [0.1, 0.15) is 36.6 Å². The standard InChI is InChI=1S/C20H24FN5O4S/c1-30-18(29)17(12-5-2-3-6-14(12)21)20(13-11-25(20)10-8-15(13)31)19-22-24-26(23-19)9-4-7-16(27)28/h2-3,5-6,13,15,17,31H,4,7-11H2,1H3,(H,27,28). The Kier molecular flexibility index (Phi) is 5.98. The van der Waals surface area contributed by atoms with Gasteiger partial charge in [-0.3, -0.25) is 14.5 Å². The minimum Gasteiger partial charge on any atom is -0.481 e. The number of aryl methyl sites for hydroxylation is 1. The largest absolute Gasteiger partial charge is 0.481 e. The van der Waals surface area contributed by atoms with E-state index in [1.54, 1.807) is 18.2 Å². The van der Waals surface area contributed by atoms with E-state index in [1.165, 1.54) is 18.0 Å². The maximum absolute atomic E-state index is 14.9. The molecule has 1 aromatic carbocycles. The molecule has 2 bridgehead atoms. The van der Waals surface area contributed by atoms with E-state index < -0.39 is 29.2 Å². The van der Waals surface area contributed by atoms with E-state index in [-0.39, 0.29) is 29.7 Å². The molecule has 1 aromatic heterocycles. The molecule has 0 amide bonds. The summed E-state index contributed by atoms with van der Waals surface area (Å²) in [5, 5.41) is 21.7. The zero-order chi connectivity index (χ0) is 22.2. The average Bonchev–Trinajstić information content (AvgIpc) is 3.20. The molecule has 0 spiro atoms. The van der Waals surface area contributed by atoms with Gasteiger partial charge >= 0.3 is 11.9 Å². The summed E-state index contributed by atoms with van der Waals surface area (Å²) in [5.41, 5.74) is -0.820. The van der Waals surface area contributed by atoms with Crippen molar-refractivity contribution in [1.82, 2.24) is 25.1 Å². The number of esters is 1. The van der Waals surface area contributed by atoms with Gasteiger partial charge in [0.1, 0.15) is 17.3 Å². The normalized spacial score (nSPS) is 27.9. The number of aliphatic carboxylic acids is 1. The smallest absolute Gasteiger partial charge is 0.315 e. The molecule has 11 heteroatoms. The lowest BCUT2D eigenvalue weighted by atomic mass is 9.59. The number of ether oxygens (including phenoxy) is 1. The Morgan fingerprint density at radius 3 is 2.84 bits per heavy atom. The third-order valence-electron chi connectivity index (χ3n) is 6.32. The number of halogens is 1. The van der Waals surface area contributed by atoms with E-state index in [2.05, 4.69) is 20.3 Å². The minimum atomic E-state index is -1.04. The SMILES string of the molecule is COC(=O)C(c1ccccc1F)C1(c2nnn(CCCC(=O)O)n2)C2CN1CCC2S. The Morgan fingerprint density at radius 1 is 1.42 bits per heavy atom. The van der Waals surface area contributed by atoms with Gasteiger partial charge in [-0.05, 0) is 24.1 Å². The van der Waals surface area contributed by atoms with Crippen molar-refractivity contribution in [1.29, 1.82) is 0 Å². The molecule has 2 saturated heterocycles. The van der Waals surface area contributed by atoms with Crippen LogP contribution in [0.15, 0.2) is 24.3 Å². The van der Waals surface area contributed by atoms with Crippen LogP contribution in [0, 0.1) is 11.7 Å². The number of methoxy groups -OCH3 is 1. The fourth-order valence-electron chi connectivity index (χ4n) is 4.90. The molecule has 9 nitrogen and oxygen atoms in total. The van der Waals surface area contributed by atoms with Crippen LogP contribution in [0.3, 0.4) is 0 Å². The summed E-state index contributed by atoms with van der Waals surface area (Å²) < 4.78 is 20.0. The molecule has 0 saturated carbocycles. The molecule has 5 unspecified atom stereocenters. The lowest BCUT2D eigenvalue weighted by molar-refractivity contribution is -0.172. The number of aromatic nitrogens is 4. The van der Waals surface area contributed by atoms with Crippen LogP contribution in [-0.4, -0.2) is 67.6 Å². The monoisotopic (exact) mass is 449 g/mol. The highest BCUT2D eigenvalue weighted by atomic mass is 32.1. The molecule has 1 N–H and O–H groups in total.